The molecular weight excluding hydrogens is 418 g/mol. The van der Waals surface area contributed by atoms with Crippen molar-refractivity contribution >= 4 is 27.3 Å². The van der Waals surface area contributed by atoms with Crippen LogP contribution >= 0.6 is 0 Å². The number of amides is 1. The minimum atomic E-state index is -3.87. The molecule has 0 radical (unpaired) electrons. The molecule has 0 fully saturated rings. The predicted octanol–water partition coefficient (Wildman–Crippen LogP) is 2.80. The summed E-state index contributed by atoms with van der Waals surface area (Å²) in [4.78, 5) is 11.6. The molecule has 10 heteroatoms. The molecule has 0 atom stereocenters. The lowest BCUT2D eigenvalue weighted by Crippen LogP contribution is -2.25. The molecule has 9 nitrogen and oxygen atoms in total. The van der Waals surface area contributed by atoms with Gasteiger partial charge in [0.05, 0.1) is 10.6 Å². The number of ether oxygens (including phenoxy) is 1. The van der Waals surface area contributed by atoms with Gasteiger partial charge in [0.25, 0.3) is 15.9 Å². The van der Waals surface area contributed by atoms with Crippen LogP contribution in [0.25, 0.3) is 11.4 Å². The monoisotopic (exact) mass is 439 g/mol. The molecule has 160 valence electrons. The fourth-order valence-electron chi connectivity index (χ4n) is 3.86. The number of rotatable bonds is 4. The Morgan fingerprint density at radius 1 is 1.06 bits per heavy atom. The van der Waals surface area contributed by atoms with E-state index in [1.807, 2.05) is 6.07 Å². The normalized spacial score (nSPS) is 15.8. The Hall–Kier alpha value is -3.40. The van der Waals surface area contributed by atoms with E-state index < -0.39 is 10.0 Å². The maximum absolute atomic E-state index is 12.9. The quantitative estimate of drug-likeness (QED) is 0.646. The topological polar surface area (TPSA) is 115 Å². The van der Waals surface area contributed by atoms with Crippen molar-refractivity contribution in [2.75, 3.05) is 16.6 Å². The first kappa shape index (κ1) is 19.6. The number of carbonyl (C=O) groups excluding carboxylic acids is 1. The summed E-state index contributed by atoms with van der Waals surface area (Å²) >= 11 is 0. The first-order chi connectivity index (χ1) is 15.0. The molecule has 1 aromatic heterocycles. The van der Waals surface area contributed by atoms with Crippen molar-refractivity contribution in [3.05, 3.63) is 48.3 Å². The first-order valence-corrected chi connectivity index (χ1v) is 11.6. The molecule has 0 aliphatic carbocycles. The summed E-state index contributed by atoms with van der Waals surface area (Å²) in [5, 5.41) is 11.3. The molecule has 5 rings (SSSR count). The fourth-order valence-corrected chi connectivity index (χ4v) is 4.94. The largest absolute Gasteiger partial charge is 0.482 e. The third kappa shape index (κ3) is 3.86. The number of benzene rings is 2. The van der Waals surface area contributed by atoms with Crippen molar-refractivity contribution in [2.24, 2.45) is 0 Å². The average molecular weight is 439 g/mol. The highest BCUT2D eigenvalue weighted by Gasteiger charge is 2.22. The summed E-state index contributed by atoms with van der Waals surface area (Å²) in [6.07, 6.45) is 4.24. The van der Waals surface area contributed by atoms with Gasteiger partial charge < -0.3 is 14.6 Å². The standard InChI is InChI=1S/C21H21N5O4S/c27-20-13-30-18-9-8-16(12-17(18)22-20)31(28,29)25-15-6-4-5-14(11-15)21-24-23-19-7-2-1-3-10-26(19)21/h4-6,8-9,11-12,25H,1-3,7,10,13H2,(H,22,27). The average Bonchev–Trinajstić information content (AvgIpc) is 3.01. The van der Waals surface area contributed by atoms with Gasteiger partial charge in [0.15, 0.2) is 12.4 Å². The number of nitrogens with one attached hydrogen (secondary N) is 2. The van der Waals surface area contributed by atoms with Gasteiger partial charge >= 0.3 is 0 Å². The van der Waals surface area contributed by atoms with Crippen LogP contribution in [0.5, 0.6) is 5.75 Å². The second-order valence-corrected chi connectivity index (χ2v) is 9.27. The van der Waals surface area contributed by atoms with Gasteiger partial charge in [-0.3, -0.25) is 9.52 Å². The van der Waals surface area contributed by atoms with E-state index in [0.717, 1.165) is 49.4 Å². The number of hydrogen-bond acceptors (Lipinski definition) is 6. The Morgan fingerprint density at radius 3 is 2.87 bits per heavy atom. The highest BCUT2D eigenvalue weighted by atomic mass is 32.2. The Morgan fingerprint density at radius 2 is 1.97 bits per heavy atom. The molecule has 1 amide bonds. The number of hydrogen-bond donors (Lipinski definition) is 2. The van der Waals surface area contributed by atoms with E-state index >= 15 is 0 Å². The van der Waals surface area contributed by atoms with Gasteiger partial charge in [-0.25, -0.2) is 8.42 Å². The maximum atomic E-state index is 12.9. The smallest absolute Gasteiger partial charge is 0.262 e. The van der Waals surface area contributed by atoms with Gasteiger partial charge in [0.1, 0.15) is 11.6 Å². The van der Waals surface area contributed by atoms with Crippen LogP contribution in [0.3, 0.4) is 0 Å². The van der Waals surface area contributed by atoms with Gasteiger partial charge in [-0.15, -0.1) is 10.2 Å². The number of sulfonamides is 1. The van der Waals surface area contributed by atoms with Crippen LogP contribution in [-0.4, -0.2) is 35.7 Å². The van der Waals surface area contributed by atoms with Crippen LogP contribution in [0, 0.1) is 0 Å². The molecule has 0 unspecified atom stereocenters. The van der Waals surface area contributed by atoms with E-state index in [0.29, 0.717) is 17.1 Å². The zero-order valence-corrected chi connectivity index (χ0v) is 17.5. The number of aromatic nitrogens is 3. The highest BCUT2D eigenvalue weighted by Crippen LogP contribution is 2.31. The lowest BCUT2D eigenvalue weighted by Gasteiger charge is -2.18. The highest BCUT2D eigenvalue weighted by molar-refractivity contribution is 7.92. The van der Waals surface area contributed by atoms with E-state index in [9.17, 15) is 13.2 Å². The van der Waals surface area contributed by atoms with Crippen molar-refractivity contribution in [2.45, 2.75) is 37.1 Å². The summed E-state index contributed by atoms with van der Waals surface area (Å²) in [6, 6.07) is 11.5. The Kier molecular flexibility index (Phi) is 4.85. The maximum Gasteiger partial charge on any atom is 0.262 e. The summed E-state index contributed by atoms with van der Waals surface area (Å²) in [5.74, 6) is 1.83. The summed E-state index contributed by atoms with van der Waals surface area (Å²) in [6.45, 7) is 0.771. The molecule has 2 aliphatic heterocycles. The summed E-state index contributed by atoms with van der Waals surface area (Å²) < 4.78 is 35.9. The second-order valence-electron chi connectivity index (χ2n) is 7.58. The summed E-state index contributed by atoms with van der Waals surface area (Å²) in [5.41, 5.74) is 1.55. The molecule has 0 bridgehead atoms. The van der Waals surface area contributed by atoms with Gasteiger partial charge in [0, 0.05) is 24.2 Å². The summed E-state index contributed by atoms with van der Waals surface area (Å²) in [7, 11) is -3.87. The van der Waals surface area contributed by atoms with Crippen LogP contribution < -0.4 is 14.8 Å². The van der Waals surface area contributed by atoms with Crippen molar-refractivity contribution in [1.82, 2.24) is 14.8 Å². The number of fused-ring (bicyclic) bond motifs is 2. The SMILES string of the molecule is O=C1COc2ccc(S(=O)(=O)Nc3cccc(-c4nnc5n4CCCCC5)c3)cc2N1. The van der Waals surface area contributed by atoms with Gasteiger partial charge in [-0.2, -0.15) is 0 Å². The van der Waals surface area contributed by atoms with Crippen LogP contribution in [0.1, 0.15) is 25.1 Å². The first-order valence-electron chi connectivity index (χ1n) is 10.1. The minimum absolute atomic E-state index is 0.0267. The fraction of sp³-hybridized carbons (Fsp3) is 0.286. The predicted molar refractivity (Wildman–Crippen MR) is 114 cm³/mol. The number of anilines is 2. The van der Waals surface area contributed by atoms with Gasteiger partial charge in [-0.1, -0.05) is 18.6 Å². The second kappa shape index (κ2) is 7.69. The molecule has 3 heterocycles. The van der Waals surface area contributed by atoms with E-state index in [-0.39, 0.29) is 17.4 Å². The minimum Gasteiger partial charge on any atom is -0.482 e. The van der Waals surface area contributed by atoms with Crippen LogP contribution in [0.2, 0.25) is 0 Å². The molecule has 0 saturated heterocycles. The number of carbonyl (C=O) groups is 1. The lowest BCUT2D eigenvalue weighted by molar-refractivity contribution is -0.118. The van der Waals surface area contributed by atoms with Crippen LogP contribution in [0.4, 0.5) is 11.4 Å². The Bertz CT molecular complexity index is 1270. The molecular formula is C21H21N5O4S. The van der Waals surface area contributed by atoms with E-state index in [2.05, 4.69) is 24.8 Å². The van der Waals surface area contributed by atoms with Crippen LogP contribution in [-0.2, 0) is 27.8 Å². The van der Waals surface area contributed by atoms with E-state index in [1.54, 1.807) is 18.2 Å². The third-order valence-corrected chi connectivity index (χ3v) is 6.76. The van der Waals surface area contributed by atoms with Crippen LogP contribution in [0.15, 0.2) is 47.4 Å². The van der Waals surface area contributed by atoms with Gasteiger partial charge in [-0.05, 0) is 43.2 Å². The van der Waals surface area contributed by atoms with E-state index in [1.165, 1.54) is 18.2 Å². The van der Waals surface area contributed by atoms with Crippen molar-refractivity contribution in [1.29, 1.82) is 0 Å². The number of aryl methyl sites for hydroxylation is 1. The lowest BCUT2D eigenvalue weighted by atomic mass is 10.2. The van der Waals surface area contributed by atoms with E-state index in [4.69, 9.17) is 4.74 Å². The van der Waals surface area contributed by atoms with Crippen molar-refractivity contribution in [3.8, 4) is 17.1 Å². The van der Waals surface area contributed by atoms with Crippen molar-refractivity contribution < 1.29 is 17.9 Å². The zero-order valence-electron chi connectivity index (χ0n) is 16.7. The zero-order chi connectivity index (χ0) is 21.4. The molecule has 0 spiro atoms. The third-order valence-electron chi connectivity index (χ3n) is 5.38. The molecule has 31 heavy (non-hydrogen) atoms. The molecule has 3 aromatic rings. The van der Waals surface area contributed by atoms with Gasteiger partial charge in [0.2, 0.25) is 0 Å². The van der Waals surface area contributed by atoms with Crippen molar-refractivity contribution in [3.63, 3.8) is 0 Å². The Labute approximate surface area is 179 Å². The molecule has 2 N–H and O–H groups in total. The molecule has 2 aliphatic rings. The molecule has 2 aromatic carbocycles. The number of nitrogens with zero attached hydrogens (tertiary/aromatic N) is 3. The Balaban J connectivity index is 1.43. The molecule has 0 saturated carbocycles.